The highest BCUT2D eigenvalue weighted by atomic mass is 32.2. The second-order valence-electron chi connectivity index (χ2n) is 9.35. The summed E-state index contributed by atoms with van der Waals surface area (Å²) in [7, 11) is -3.45. The van der Waals surface area contributed by atoms with Gasteiger partial charge in [-0.25, -0.2) is 18.1 Å². The minimum Gasteiger partial charge on any atom is -0.377 e. The van der Waals surface area contributed by atoms with E-state index in [1.807, 2.05) is 35.9 Å². The van der Waals surface area contributed by atoms with Crippen LogP contribution in [-0.4, -0.2) is 66.2 Å². The molecule has 5 heterocycles. The van der Waals surface area contributed by atoms with Crippen LogP contribution in [0.4, 0.5) is 5.82 Å². The van der Waals surface area contributed by atoms with Crippen molar-refractivity contribution >= 4 is 37.4 Å². The van der Waals surface area contributed by atoms with Crippen LogP contribution in [0.2, 0.25) is 0 Å². The van der Waals surface area contributed by atoms with E-state index in [1.54, 1.807) is 12.1 Å². The Labute approximate surface area is 213 Å². The lowest BCUT2D eigenvalue weighted by Crippen LogP contribution is -2.44. The summed E-state index contributed by atoms with van der Waals surface area (Å²) in [4.78, 5) is 7.61. The van der Waals surface area contributed by atoms with Gasteiger partial charge in [0.1, 0.15) is 17.0 Å². The number of pyridine rings is 1. The lowest BCUT2D eigenvalue weighted by Gasteiger charge is -2.34. The predicted octanol–water partition coefficient (Wildman–Crippen LogP) is 4.08. The number of benzene rings is 1. The van der Waals surface area contributed by atoms with Crippen LogP contribution in [0.5, 0.6) is 0 Å². The maximum absolute atomic E-state index is 12.7. The molecule has 0 spiro atoms. The van der Waals surface area contributed by atoms with Gasteiger partial charge < -0.3 is 14.4 Å². The van der Waals surface area contributed by atoms with Crippen LogP contribution in [0.15, 0.2) is 41.3 Å². The zero-order valence-corrected chi connectivity index (χ0v) is 22.0. The second kappa shape index (κ2) is 8.91. The van der Waals surface area contributed by atoms with Gasteiger partial charge in [-0.3, -0.25) is 0 Å². The molecule has 4 aromatic rings. The van der Waals surface area contributed by atoms with Gasteiger partial charge >= 0.3 is 0 Å². The summed E-state index contributed by atoms with van der Waals surface area (Å²) < 4.78 is 44.4. The van der Waals surface area contributed by atoms with Crippen molar-refractivity contribution in [2.75, 3.05) is 37.5 Å². The molecule has 0 N–H and O–H groups in total. The average Bonchev–Trinajstić information content (AvgIpc) is 3.40. The molecule has 0 amide bonds. The minimum atomic E-state index is -3.45. The largest absolute Gasteiger partial charge is 0.377 e. The molecule has 36 heavy (non-hydrogen) atoms. The third-order valence-corrected chi connectivity index (χ3v) is 8.72. The number of nitrogens with zero attached hydrogens (tertiary/aromatic N) is 5. The van der Waals surface area contributed by atoms with Crippen molar-refractivity contribution in [3.63, 3.8) is 0 Å². The van der Waals surface area contributed by atoms with E-state index in [-0.39, 0.29) is 17.2 Å². The highest BCUT2D eigenvalue weighted by molar-refractivity contribution is 7.90. The summed E-state index contributed by atoms with van der Waals surface area (Å²) in [5, 5.41) is 4.67. The quantitative estimate of drug-likeness (QED) is 0.384. The Balaban J connectivity index is 1.62. The normalized spacial score (nSPS) is 20.6. The molecule has 0 aliphatic carbocycles. The summed E-state index contributed by atoms with van der Waals surface area (Å²) in [5.41, 5.74) is 4.65. The Morgan fingerprint density at radius 3 is 2.67 bits per heavy atom. The first-order chi connectivity index (χ1) is 17.3. The molecule has 0 bridgehead atoms. The van der Waals surface area contributed by atoms with E-state index in [1.165, 1.54) is 17.8 Å². The molecule has 0 saturated carbocycles. The first kappa shape index (κ1) is 23.5. The summed E-state index contributed by atoms with van der Waals surface area (Å²) in [6.45, 7) is 6.69. The molecule has 2 atom stereocenters. The van der Waals surface area contributed by atoms with Gasteiger partial charge in [-0.15, -0.1) is 0 Å². The van der Waals surface area contributed by atoms with Crippen molar-refractivity contribution in [2.45, 2.75) is 37.4 Å². The minimum absolute atomic E-state index is 0.113. The van der Waals surface area contributed by atoms with Crippen molar-refractivity contribution < 1.29 is 17.9 Å². The van der Waals surface area contributed by atoms with E-state index in [0.29, 0.717) is 31.9 Å². The molecule has 11 heteroatoms. The van der Waals surface area contributed by atoms with Gasteiger partial charge in [0.25, 0.3) is 0 Å². The number of fused-ring (bicyclic) bond motifs is 1. The first-order valence-corrected chi connectivity index (χ1v) is 14.6. The maximum atomic E-state index is 12.7. The molecule has 9 nitrogen and oxygen atoms in total. The molecule has 0 radical (unpaired) electrons. The third-order valence-electron chi connectivity index (χ3n) is 6.70. The number of morpholine rings is 1. The van der Waals surface area contributed by atoms with Gasteiger partial charge in [-0.05, 0) is 43.6 Å². The van der Waals surface area contributed by atoms with Crippen molar-refractivity contribution in [2.24, 2.45) is 0 Å². The molecule has 2 aliphatic rings. The first-order valence-electron chi connectivity index (χ1n) is 11.9. The Kier molecular flexibility index (Phi) is 5.83. The van der Waals surface area contributed by atoms with Crippen molar-refractivity contribution in [1.29, 1.82) is 0 Å². The van der Waals surface area contributed by atoms with Gasteiger partial charge in [0, 0.05) is 30.3 Å². The van der Waals surface area contributed by atoms with Crippen LogP contribution in [-0.2, 0) is 19.3 Å². The van der Waals surface area contributed by atoms with Crippen LogP contribution in [0.25, 0.3) is 32.7 Å². The van der Waals surface area contributed by atoms with Crippen LogP contribution in [0, 0.1) is 6.92 Å². The van der Waals surface area contributed by atoms with E-state index in [9.17, 15) is 8.42 Å². The molecule has 2 aliphatic heterocycles. The topological polar surface area (TPSA) is 99.4 Å². The van der Waals surface area contributed by atoms with E-state index in [2.05, 4.69) is 16.9 Å². The zero-order valence-electron chi connectivity index (χ0n) is 20.3. The monoisotopic (exact) mass is 525 g/mol. The zero-order chi connectivity index (χ0) is 25.0. The number of sulfone groups is 1. The SMILES string of the molecule is Cc1cc(-c2nsc3c(-c4ccccc4S(C)(=O)=O)cc(N4CCOCC4C)nc23)n(C2CCO2)n1. The standard InChI is InChI=1S/C25H27N5O4S2/c1-15-12-19(30(27-15)22-8-10-34-22)23-24-25(35-28-23)18(17-6-4-5-7-20(17)36(3,31)32)13-21(26-24)29-9-11-33-14-16(29)2/h4-7,12-13,16,22H,8-11,14H2,1-3H3. The van der Waals surface area contributed by atoms with E-state index in [4.69, 9.17) is 18.8 Å². The molecule has 2 saturated heterocycles. The Morgan fingerprint density at radius 1 is 1.14 bits per heavy atom. The lowest BCUT2D eigenvalue weighted by atomic mass is 10.0. The van der Waals surface area contributed by atoms with E-state index in [0.717, 1.165) is 45.1 Å². The van der Waals surface area contributed by atoms with Crippen molar-refractivity contribution in [3.05, 3.63) is 42.1 Å². The Bertz CT molecular complexity index is 1560. The van der Waals surface area contributed by atoms with Crippen molar-refractivity contribution in [1.82, 2.24) is 19.1 Å². The smallest absolute Gasteiger partial charge is 0.176 e. The van der Waals surface area contributed by atoms with Crippen LogP contribution in [0.3, 0.4) is 0 Å². The molecule has 2 fully saturated rings. The number of hydrogen-bond acceptors (Lipinski definition) is 9. The van der Waals surface area contributed by atoms with Gasteiger partial charge in [0.2, 0.25) is 0 Å². The Hall–Kier alpha value is -2.86. The predicted molar refractivity (Wildman–Crippen MR) is 139 cm³/mol. The van der Waals surface area contributed by atoms with Crippen LogP contribution >= 0.6 is 11.5 Å². The third kappa shape index (κ3) is 4.00. The molecule has 2 unspecified atom stereocenters. The summed E-state index contributed by atoms with van der Waals surface area (Å²) in [5.74, 6) is 0.778. The Morgan fingerprint density at radius 2 is 1.94 bits per heavy atom. The number of ether oxygens (including phenoxy) is 2. The summed E-state index contributed by atoms with van der Waals surface area (Å²) in [6.07, 6.45) is 2.03. The highest BCUT2D eigenvalue weighted by Gasteiger charge is 2.29. The van der Waals surface area contributed by atoms with Gasteiger partial charge in [0.05, 0.1) is 46.8 Å². The number of rotatable bonds is 5. The molecular formula is C25H27N5O4S2. The summed E-state index contributed by atoms with van der Waals surface area (Å²) >= 11 is 1.33. The summed E-state index contributed by atoms with van der Waals surface area (Å²) in [6, 6.07) is 11.3. The van der Waals surface area contributed by atoms with Gasteiger partial charge in [-0.1, -0.05) is 18.2 Å². The fourth-order valence-corrected chi connectivity index (χ4v) is 6.59. The molecule has 6 rings (SSSR count). The number of aromatic nitrogens is 4. The fourth-order valence-electron chi connectivity index (χ4n) is 4.83. The van der Waals surface area contributed by atoms with Crippen LogP contribution in [0.1, 0.15) is 25.3 Å². The lowest BCUT2D eigenvalue weighted by molar-refractivity contribution is -0.105. The van der Waals surface area contributed by atoms with Crippen LogP contribution < -0.4 is 4.90 Å². The number of hydrogen-bond donors (Lipinski definition) is 0. The average molecular weight is 526 g/mol. The molecular weight excluding hydrogens is 498 g/mol. The molecule has 188 valence electrons. The molecule has 3 aromatic heterocycles. The number of anilines is 1. The van der Waals surface area contributed by atoms with E-state index < -0.39 is 9.84 Å². The van der Waals surface area contributed by atoms with E-state index >= 15 is 0 Å². The second-order valence-corrected chi connectivity index (χ2v) is 12.1. The van der Waals surface area contributed by atoms with Gasteiger partial charge in [-0.2, -0.15) is 9.47 Å². The maximum Gasteiger partial charge on any atom is 0.176 e. The molecule has 1 aromatic carbocycles. The van der Waals surface area contributed by atoms with Crippen molar-refractivity contribution in [3.8, 4) is 22.5 Å². The fraction of sp³-hybridized carbons (Fsp3) is 0.400. The highest BCUT2D eigenvalue weighted by Crippen LogP contribution is 2.42. The number of aryl methyl sites for hydroxylation is 1. The van der Waals surface area contributed by atoms with Gasteiger partial charge in [0.15, 0.2) is 16.1 Å².